The Kier molecular flexibility index (Phi) is 4.53. The monoisotopic (exact) mass is 197 g/mol. The first-order chi connectivity index (χ1) is 6.74. The Balaban J connectivity index is 2.35. The third-order valence-corrected chi connectivity index (χ3v) is 2.23. The molecule has 0 atom stereocenters. The zero-order valence-corrected chi connectivity index (χ0v) is 9.01. The molecular weight excluding hydrogens is 178 g/mol. The van der Waals surface area contributed by atoms with Crippen LogP contribution in [0.3, 0.4) is 0 Å². The van der Waals surface area contributed by atoms with Crippen LogP contribution in [-0.4, -0.2) is 20.3 Å². The molecule has 1 rings (SSSR count). The van der Waals surface area contributed by atoms with Crippen molar-refractivity contribution in [3.8, 4) is 0 Å². The Morgan fingerprint density at radius 3 is 2.86 bits per heavy atom. The minimum absolute atomic E-state index is 0.674. The molecule has 0 unspecified atom stereocenters. The second-order valence-electron chi connectivity index (χ2n) is 3.57. The van der Waals surface area contributed by atoms with E-state index in [1.165, 1.54) is 5.57 Å². The van der Waals surface area contributed by atoms with E-state index in [4.69, 9.17) is 15.2 Å². The first kappa shape index (κ1) is 11.1. The molecular formula is C11H19NO2. The van der Waals surface area contributed by atoms with Gasteiger partial charge in [0, 0.05) is 20.1 Å². The fraction of sp³-hybridized carbons (Fsp3) is 0.636. The summed E-state index contributed by atoms with van der Waals surface area (Å²) in [5.41, 5.74) is 8.04. The molecule has 0 amide bonds. The molecule has 0 saturated heterocycles. The molecule has 1 aliphatic rings. The smallest absolute Gasteiger partial charge is 0.137 e. The average Bonchev–Trinajstić information content (AvgIpc) is 2.18. The van der Waals surface area contributed by atoms with Gasteiger partial charge in [-0.2, -0.15) is 0 Å². The molecule has 0 aliphatic heterocycles. The van der Waals surface area contributed by atoms with Crippen LogP contribution < -0.4 is 5.73 Å². The summed E-state index contributed by atoms with van der Waals surface area (Å²) < 4.78 is 10.5. The van der Waals surface area contributed by atoms with Crippen LogP contribution in [0, 0.1) is 0 Å². The van der Waals surface area contributed by atoms with Gasteiger partial charge in [0.2, 0.25) is 0 Å². The predicted octanol–water partition coefficient (Wildman–Crippen LogP) is 1.95. The predicted molar refractivity (Wildman–Crippen MR) is 56.6 cm³/mol. The van der Waals surface area contributed by atoms with E-state index < -0.39 is 0 Å². The number of hydrogen-bond acceptors (Lipinski definition) is 3. The quantitative estimate of drug-likeness (QED) is 0.685. The third-order valence-electron chi connectivity index (χ3n) is 2.23. The van der Waals surface area contributed by atoms with Gasteiger partial charge in [0.15, 0.2) is 0 Å². The van der Waals surface area contributed by atoms with E-state index in [-0.39, 0.29) is 0 Å². The summed E-state index contributed by atoms with van der Waals surface area (Å²) in [6.45, 7) is 3.51. The Labute approximate surface area is 85.6 Å². The average molecular weight is 197 g/mol. The summed E-state index contributed by atoms with van der Waals surface area (Å²) in [6.07, 6.45) is 4.91. The first-order valence-electron chi connectivity index (χ1n) is 5.01. The summed E-state index contributed by atoms with van der Waals surface area (Å²) in [6, 6.07) is 0. The molecule has 0 fully saturated rings. The van der Waals surface area contributed by atoms with Crippen molar-refractivity contribution in [1.29, 1.82) is 0 Å². The van der Waals surface area contributed by atoms with Crippen LogP contribution in [0.2, 0.25) is 0 Å². The van der Waals surface area contributed by atoms with Crippen molar-refractivity contribution >= 4 is 0 Å². The van der Waals surface area contributed by atoms with Crippen molar-refractivity contribution < 1.29 is 9.47 Å². The molecule has 0 spiro atoms. The molecule has 0 saturated carbocycles. The molecule has 2 N–H and O–H groups in total. The Morgan fingerprint density at radius 2 is 2.14 bits per heavy atom. The minimum Gasteiger partial charge on any atom is -0.492 e. The number of rotatable bonds is 5. The van der Waals surface area contributed by atoms with E-state index in [1.807, 2.05) is 6.08 Å². The summed E-state index contributed by atoms with van der Waals surface area (Å²) in [4.78, 5) is 0. The second-order valence-corrected chi connectivity index (χ2v) is 3.57. The third kappa shape index (κ3) is 3.42. The zero-order chi connectivity index (χ0) is 10.4. The fourth-order valence-electron chi connectivity index (χ4n) is 1.36. The van der Waals surface area contributed by atoms with Crippen LogP contribution in [0.25, 0.3) is 0 Å². The van der Waals surface area contributed by atoms with Crippen LogP contribution >= 0.6 is 0 Å². The van der Waals surface area contributed by atoms with Gasteiger partial charge in [-0.3, -0.25) is 0 Å². The SMILES string of the molecule is COCCCOC1=C(N)CCC(C)=C1. The van der Waals surface area contributed by atoms with Crippen LogP contribution in [-0.2, 0) is 9.47 Å². The first-order valence-corrected chi connectivity index (χ1v) is 5.01. The van der Waals surface area contributed by atoms with Gasteiger partial charge < -0.3 is 15.2 Å². The van der Waals surface area contributed by atoms with Crippen molar-refractivity contribution in [1.82, 2.24) is 0 Å². The van der Waals surface area contributed by atoms with Gasteiger partial charge in [0.25, 0.3) is 0 Å². The lowest BCUT2D eigenvalue weighted by Crippen LogP contribution is -2.10. The van der Waals surface area contributed by atoms with Crippen molar-refractivity contribution in [2.24, 2.45) is 5.73 Å². The molecule has 14 heavy (non-hydrogen) atoms. The molecule has 0 radical (unpaired) electrons. The highest BCUT2D eigenvalue weighted by Crippen LogP contribution is 2.21. The molecule has 80 valence electrons. The second kappa shape index (κ2) is 5.70. The number of nitrogens with two attached hydrogens (primary N) is 1. The van der Waals surface area contributed by atoms with Gasteiger partial charge >= 0.3 is 0 Å². The minimum atomic E-state index is 0.674. The van der Waals surface area contributed by atoms with Gasteiger partial charge in [0.05, 0.1) is 12.3 Å². The highest BCUT2D eigenvalue weighted by atomic mass is 16.5. The number of ether oxygens (including phenoxy) is 2. The van der Waals surface area contributed by atoms with Crippen molar-refractivity contribution in [2.75, 3.05) is 20.3 Å². The summed E-state index contributed by atoms with van der Waals surface area (Å²) >= 11 is 0. The topological polar surface area (TPSA) is 44.5 Å². The molecule has 0 aromatic rings. The van der Waals surface area contributed by atoms with Gasteiger partial charge in [-0.1, -0.05) is 5.57 Å². The van der Waals surface area contributed by atoms with Crippen LogP contribution in [0.4, 0.5) is 0 Å². The normalized spacial score (nSPS) is 16.9. The van der Waals surface area contributed by atoms with E-state index in [2.05, 4.69) is 6.92 Å². The Bertz CT molecular complexity index is 244. The number of methoxy groups -OCH3 is 1. The number of allylic oxidation sites excluding steroid dienone is 3. The highest BCUT2D eigenvalue weighted by Gasteiger charge is 2.09. The maximum Gasteiger partial charge on any atom is 0.137 e. The van der Waals surface area contributed by atoms with Gasteiger partial charge in [0.1, 0.15) is 5.76 Å². The largest absolute Gasteiger partial charge is 0.492 e. The highest BCUT2D eigenvalue weighted by molar-refractivity contribution is 5.26. The van der Waals surface area contributed by atoms with Crippen molar-refractivity contribution in [3.63, 3.8) is 0 Å². The fourth-order valence-corrected chi connectivity index (χ4v) is 1.36. The van der Waals surface area contributed by atoms with Crippen molar-refractivity contribution in [3.05, 3.63) is 23.1 Å². The molecule has 0 aromatic heterocycles. The van der Waals surface area contributed by atoms with E-state index in [0.717, 1.165) is 37.3 Å². The zero-order valence-electron chi connectivity index (χ0n) is 9.01. The lowest BCUT2D eigenvalue weighted by atomic mass is 10.0. The molecule has 1 aliphatic carbocycles. The standard InChI is InChI=1S/C11H19NO2/c1-9-4-5-10(12)11(8-9)14-7-3-6-13-2/h8H,3-7,12H2,1-2H3. The van der Waals surface area contributed by atoms with E-state index in [1.54, 1.807) is 7.11 Å². The van der Waals surface area contributed by atoms with Gasteiger partial charge in [-0.05, 0) is 25.8 Å². The lowest BCUT2D eigenvalue weighted by Gasteiger charge is -2.16. The van der Waals surface area contributed by atoms with Crippen LogP contribution in [0.1, 0.15) is 26.2 Å². The Morgan fingerprint density at radius 1 is 1.36 bits per heavy atom. The summed E-state index contributed by atoms with van der Waals surface area (Å²) in [5.74, 6) is 0.852. The van der Waals surface area contributed by atoms with E-state index in [9.17, 15) is 0 Å². The molecule has 3 heteroatoms. The number of hydrogen-bond donors (Lipinski definition) is 1. The maximum atomic E-state index is 5.83. The van der Waals surface area contributed by atoms with Crippen LogP contribution in [0.15, 0.2) is 23.1 Å². The van der Waals surface area contributed by atoms with Gasteiger partial charge in [-0.25, -0.2) is 0 Å². The van der Waals surface area contributed by atoms with E-state index >= 15 is 0 Å². The van der Waals surface area contributed by atoms with Gasteiger partial charge in [-0.15, -0.1) is 0 Å². The molecule has 0 bridgehead atoms. The molecule has 0 aromatic carbocycles. The lowest BCUT2D eigenvalue weighted by molar-refractivity contribution is 0.147. The molecule has 0 heterocycles. The van der Waals surface area contributed by atoms with Crippen LogP contribution in [0.5, 0.6) is 0 Å². The maximum absolute atomic E-state index is 5.83. The Hall–Kier alpha value is -0.960. The summed E-state index contributed by atoms with van der Waals surface area (Å²) in [7, 11) is 1.69. The van der Waals surface area contributed by atoms with Crippen molar-refractivity contribution in [2.45, 2.75) is 26.2 Å². The van der Waals surface area contributed by atoms with E-state index in [0.29, 0.717) is 6.61 Å². The summed E-state index contributed by atoms with van der Waals surface area (Å²) in [5, 5.41) is 0. The molecule has 3 nitrogen and oxygen atoms in total.